The summed E-state index contributed by atoms with van der Waals surface area (Å²) in [4.78, 5) is 34.4. The zero-order valence-corrected chi connectivity index (χ0v) is 10.1. The van der Waals surface area contributed by atoms with E-state index >= 15 is 0 Å². The average molecular weight is 260 g/mol. The van der Waals surface area contributed by atoms with Gasteiger partial charge in [-0.15, -0.1) is 0 Å². The number of benzene rings is 1. The molecule has 2 rings (SSSR count). The minimum atomic E-state index is -0.497. The van der Waals surface area contributed by atoms with Crippen LogP contribution in [0.4, 0.5) is 5.69 Å². The van der Waals surface area contributed by atoms with Gasteiger partial charge < -0.3 is 0 Å². The van der Waals surface area contributed by atoms with Crippen LogP contribution in [-0.2, 0) is 9.59 Å². The van der Waals surface area contributed by atoms with Gasteiger partial charge in [0.2, 0.25) is 5.91 Å². The van der Waals surface area contributed by atoms with E-state index in [-0.39, 0.29) is 17.5 Å². The van der Waals surface area contributed by atoms with Gasteiger partial charge in [0.05, 0.1) is 4.92 Å². The van der Waals surface area contributed by atoms with E-state index in [9.17, 15) is 19.7 Å². The molecule has 0 N–H and O–H groups in total. The molecule has 1 aromatic rings. The number of hydrogen-bond donors (Lipinski definition) is 0. The minimum absolute atomic E-state index is 0.0353. The molecule has 19 heavy (non-hydrogen) atoms. The molecule has 6 nitrogen and oxygen atoms in total. The summed E-state index contributed by atoms with van der Waals surface area (Å²) in [5.41, 5.74) is 0.515. The monoisotopic (exact) mass is 260 g/mol. The largest absolute Gasteiger partial charge is 0.279 e. The molecule has 0 aromatic heterocycles. The van der Waals surface area contributed by atoms with Gasteiger partial charge in [0.15, 0.2) is 0 Å². The quantitative estimate of drug-likeness (QED) is 0.471. The Bertz CT molecular complexity index is 566. The molecule has 0 aliphatic carbocycles. The Morgan fingerprint density at radius 2 is 2.21 bits per heavy atom. The van der Waals surface area contributed by atoms with E-state index in [4.69, 9.17) is 0 Å². The second kappa shape index (κ2) is 5.43. The molecule has 1 heterocycles. The first-order valence-electron chi connectivity index (χ1n) is 5.85. The molecule has 1 fully saturated rings. The molecule has 98 valence electrons. The number of likely N-dealkylation sites (tertiary alicyclic amines) is 1. The number of nitrogens with zero attached hydrogens (tertiary/aromatic N) is 2. The second-order valence-corrected chi connectivity index (χ2v) is 4.17. The third-order valence-electron chi connectivity index (χ3n) is 2.84. The normalized spacial score (nSPS) is 15.2. The van der Waals surface area contributed by atoms with Crippen molar-refractivity contribution in [3.63, 3.8) is 0 Å². The number of amides is 2. The van der Waals surface area contributed by atoms with Crippen molar-refractivity contribution >= 4 is 23.6 Å². The smallest absolute Gasteiger partial charge is 0.270 e. The van der Waals surface area contributed by atoms with Crippen LogP contribution in [0.1, 0.15) is 18.4 Å². The van der Waals surface area contributed by atoms with Crippen LogP contribution in [-0.4, -0.2) is 28.2 Å². The molecular formula is C13H12N2O4. The predicted molar refractivity (Wildman–Crippen MR) is 68.1 cm³/mol. The Kier molecular flexibility index (Phi) is 3.70. The molecule has 1 aliphatic rings. The molecule has 6 heteroatoms. The molecule has 0 spiro atoms. The van der Waals surface area contributed by atoms with Crippen molar-refractivity contribution in [2.24, 2.45) is 0 Å². The molecule has 0 bridgehead atoms. The first-order chi connectivity index (χ1) is 9.08. The van der Waals surface area contributed by atoms with Gasteiger partial charge in [-0.05, 0) is 18.1 Å². The topological polar surface area (TPSA) is 80.5 Å². The number of hydrogen-bond acceptors (Lipinski definition) is 4. The highest BCUT2D eigenvalue weighted by Gasteiger charge is 2.24. The molecule has 1 aliphatic heterocycles. The van der Waals surface area contributed by atoms with Crippen molar-refractivity contribution in [2.45, 2.75) is 12.8 Å². The van der Waals surface area contributed by atoms with Crippen LogP contribution in [0.15, 0.2) is 30.3 Å². The Balaban J connectivity index is 2.10. The Morgan fingerprint density at radius 3 is 2.84 bits per heavy atom. The number of imide groups is 1. The first kappa shape index (κ1) is 12.9. The van der Waals surface area contributed by atoms with Gasteiger partial charge in [-0.3, -0.25) is 24.6 Å². The van der Waals surface area contributed by atoms with Crippen LogP contribution >= 0.6 is 0 Å². The van der Waals surface area contributed by atoms with Gasteiger partial charge in [-0.25, -0.2) is 0 Å². The van der Waals surface area contributed by atoms with Crippen molar-refractivity contribution in [2.75, 3.05) is 6.54 Å². The summed E-state index contributed by atoms with van der Waals surface area (Å²) in [7, 11) is 0. The molecule has 0 unspecified atom stereocenters. The summed E-state index contributed by atoms with van der Waals surface area (Å²) < 4.78 is 0. The van der Waals surface area contributed by atoms with E-state index < -0.39 is 4.92 Å². The van der Waals surface area contributed by atoms with E-state index in [1.165, 1.54) is 29.2 Å². The Hall–Kier alpha value is -2.50. The maximum atomic E-state index is 11.7. The van der Waals surface area contributed by atoms with Crippen LogP contribution in [0, 0.1) is 10.1 Å². The van der Waals surface area contributed by atoms with Crippen molar-refractivity contribution in [3.8, 4) is 0 Å². The predicted octanol–water partition coefficient (Wildman–Crippen LogP) is 1.76. The van der Waals surface area contributed by atoms with E-state index in [0.29, 0.717) is 24.9 Å². The van der Waals surface area contributed by atoms with Crippen molar-refractivity contribution in [1.29, 1.82) is 0 Å². The van der Waals surface area contributed by atoms with Crippen molar-refractivity contribution in [1.82, 2.24) is 4.90 Å². The fourth-order valence-corrected chi connectivity index (χ4v) is 1.88. The summed E-state index contributed by atoms with van der Waals surface area (Å²) >= 11 is 0. The zero-order chi connectivity index (χ0) is 13.8. The van der Waals surface area contributed by atoms with Crippen molar-refractivity contribution in [3.05, 3.63) is 46.0 Å². The van der Waals surface area contributed by atoms with E-state index in [0.717, 1.165) is 0 Å². The number of nitro groups is 1. The summed E-state index contributed by atoms with van der Waals surface area (Å²) in [6.45, 7) is 0.441. The van der Waals surface area contributed by atoms with E-state index in [1.54, 1.807) is 12.1 Å². The molecule has 0 radical (unpaired) electrons. The molecule has 0 atom stereocenters. The van der Waals surface area contributed by atoms with Gasteiger partial charge in [-0.2, -0.15) is 0 Å². The molecule has 2 amide bonds. The summed E-state index contributed by atoms with van der Waals surface area (Å²) in [6.07, 6.45) is 3.83. The van der Waals surface area contributed by atoms with Crippen LogP contribution in [0.3, 0.4) is 0 Å². The lowest BCUT2D eigenvalue weighted by Gasteiger charge is -2.09. The van der Waals surface area contributed by atoms with Crippen molar-refractivity contribution < 1.29 is 14.5 Å². The third-order valence-corrected chi connectivity index (χ3v) is 2.84. The summed E-state index contributed by atoms with van der Waals surface area (Å²) in [5, 5.41) is 10.6. The molecular weight excluding hydrogens is 248 g/mol. The zero-order valence-electron chi connectivity index (χ0n) is 10.1. The van der Waals surface area contributed by atoms with Gasteiger partial charge in [-0.1, -0.05) is 12.1 Å². The van der Waals surface area contributed by atoms with Gasteiger partial charge in [0.25, 0.3) is 11.6 Å². The maximum Gasteiger partial charge on any atom is 0.270 e. The van der Waals surface area contributed by atoms with E-state index in [1.807, 2.05) is 0 Å². The lowest BCUT2D eigenvalue weighted by molar-refractivity contribution is -0.384. The summed E-state index contributed by atoms with van der Waals surface area (Å²) in [5.74, 6) is -0.553. The molecule has 1 aromatic carbocycles. The maximum absolute atomic E-state index is 11.7. The molecule has 0 saturated carbocycles. The average Bonchev–Trinajstić information content (AvgIpc) is 2.82. The lowest BCUT2D eigenvalue weighted by Crippen LogP contribution is -2.30. The number of nitro benzene ring substituents is 1. The number of non-ortho nitro benzene ring substituents is 1. The fourth-order valence-electron chi connectivity index (χ4n) is 1.88. The lowest BCUT2D eigenvalue weighted by atomic mass is 10.2. The number of carbonyl (C=O) groups is 2. The van der Waals surface area contributed by atoms with Crippen LogP contribution < -0.4 is 0 Å². The minimum Gasteiger partial charge on any atom is -0.279 e. The Morgan fingerprint density at radius 1 is 1.42 bits per heavy atom. The SMILES string of the molecule is O=C(C=Cc1cccc([N+](=O)[O-])c1)N1CCCC1=O. The number of rotatable bonds is 3. The highest BCUT2D eigenvalue weighted by atomic mass is 16.6. The van der Waals surface area contributed by atoms with Gasteiger partial charge >= 0.3 is 0 Å². The second-order valence-electron chi connectivity index (χ2n) is 4.17. The standard InChI is InChI=1S/C13H12N2O4/c16-12-5-2-8-14(12)13(17)7-6-10-3-1-4-11(9-10)15(18)19/h1,3-4,6-7,9H,2,5,8H2. The number of carbonyl (C=O) groups excluding carboxylic acids is 2. The van der Waals surface area contributed by atoms with Crippen LogP contribution in [0.5, 0.6) is 0 Å². The summed E-state index contributed by atoms with van der Waals surface area (Å²) in [6, 6.07) is 5.95. The third kappa shape index (κ3) is 3.04. The highest BCUT2D eigenvalue weighted by molar-refractivity contribution is 6.03. The highest BCUT2D eigenvalue weighted by Crippen LogP contribution is 2.15. The Labute approximate surface area is 109 Å². The van der Waals surface area contributed by atoms with E-state index in [2.05, 4.69) is 0 Å². The molecule has 1 saturated heterocycles. The fraction of sp³-hybridized carbons (Fsp3) is 0.231. The van der Waals surface area contributed by atoms with Crippen LogP contribution in [0.2, 0.25) is 0 Å². The van der Waals surface area contributed by atoms with Crippen LogP contribution in [0.25, 0.3) is 6.08 Å². The van der Waals surface area contributed by atoms with Gasteiger partial charge in [0, 0.05) is 31.2 Å². The first-order valence-corrected chi connectivity index (χ1v) is 5.85. The van der Waals surface area contributed by atoms with Gasteiger partial charge in [0.1, 0.15) is 0 Å².